The number of fused-ring (bicyclic) bond motifs is 3. The molecule has 0 saturated heterocycles. The van der Waals surface area contributed by atoms with E-state index < -0.39 is 0 Å². The van der Waals surface area contributed by atoms with E-state index in [1.807, 2.05) is 38.1 Å². The number of nitrogens with zero attached hydrogens (tertiary/aromatic N) is 3. The number of hydrogen-bond donors (Lipinski definition) is 0. The number of rotatable bonds is 3. The van der Waals surface area contributed by atoms with Gasteiger partial charge in [-0.15, -0.1) is 0 Å². The Kier molecular flexibility index (Phi) is 3.96. The molecule has 2 heterocycles. The number of benzene rings is 3. The van der Waals surface area contributed by atoms with Gasteiger partial charge in [-0.05, 0) is 43.2 Å². The van der Waals surface area contributed by atoms with Crippen LogP contribution in [-0.4, -0.2) is 9.72 Å². The molecular weight excluding hydrogens is 358 g/mol. The molecule has 2 aromatic heterocycles. The lowest BCUT2D eigenvalue weighted by molar-refractivity contribution is 0.393. The van der Waals surface area contributed by atoms with Crippen molar-refractivity contribution in [3.8, 4) is 17.2 Å². The first kappa shape index (κ1) is 17.3. The molecule has 0 unspecified atom stereocenters. The van der Waals surface area contributed by atoms with Gasteiger partial charge in [-0.25, -0.2) is 0 Å². The molecule has 0 aliphatic heterocycles. The zero-order chi connectivity index (χ0) is 20.0. The van der Waals surface area contributed by atoms with Gasteiger partial charge in [0.2, 0.25) is 0 Å². The summed E-state index contributed by atoms with van der Waals surface area (Å²) in [6, 6.07) is 25.2. The highest BCUT2D eigenvalue weighted by Gasteiger charge is 2.19. The summed E-state index contributed by atoms with van der Waals surface area (Å²) in [7, 11) is 0. The Balaban J connectivity index is 1.87. The fourth-order valence-corrected chi connectivity index (χ4v) is 4.24. The van der Waals surface area contributed by atoms with Gasteiger partial charge < -0.3 is 9.09 Å². The van der Waals surface area contributed by atoms with Gasteiger partial charge in [-0.2, -0.15) is 5.26 Å². The molecular formula is C25H19N3O. The lowest BCUT2D eigenvalue weighted by Crippen LogP contribution is -1.99. The molecule has 0 spiro atoms. The maximum absolute atomic E-state index is 9.96. The second-order valence-electron chi connectivity index (χ2n) is 7.32. The summed E-state index contributed by atoms with van der Waals surface area (Å²) in [5.41, 5.74) is 6.80. The minimum atomic E-state index is 0.667. The summed E-state index contributed by atoms with van der Waals surface area (Å²) in [6.45, 7) is 4.58. The standard InChI is InChI=1S/C25H19N3O/c1-16-24(17(2)29-27-16)19-12-20(14-26)25-21-10-6-7-11-22(21)28(23(25)13-19)15-18-8-4-3-5-9-18/h3-13H,15H2,1-2H3. The van der Waals surface area contributed by atoms with E-state index in [2.05, 4.69) is 58.3 Å². The molecule has 0 radical (unpaired) electrons. The first-order chi connectivity index (χ1) is 14.2. The van der Waals surface area contributed by atoms with E-state index in [1.165, 1.54) is 5.56 Å². The largest absolute Gasteiger partial charge is 0.361 e. The highest BCUT2D eigenvalue weighted by atomic mass is 16.5. The molecule has 140 valence electrons. The molecule has 5 rings (SSSR count). The maximum atomic E-state index is 9.96. The van der Waals surface area contributed by atoms with Gasteiger partial charge in [-0.3, -0.25) is 0 Å². The van der Waals surface area contributed by atoms with Crippen LogP contribution in [-0.2, 0) is 6.54 Å². The van der Waals surface area contributed by atoms with Crippen molar-refractivity contribution in [3.63, 3.8) is 0 Å². The monoisotopic (exact) mass is 377 g/mol. The molecule has 4 heteroatoms. The average molecular weight is 377 g/mol. The van der Waals surface area contributed by atoms with Crippen LogP contribution in [0.25, 0.3) is 32.9 Å². The Labute approximate surface area is 168 Å². The van der Waals surface area contributed by atoms with Crippen molar-refractivity contribution in [2.24, 2.45) is 0 Å². The first-order valence-electron chi connectivity index (χ1n) is 9.59. The first-order valence-corrected chi connectivity index (χ1v) is 9.59. The van der Waals surface area contributed by atoms with Crippen LogP contribution in [0.3, 0.4) is 0 Å². The van der Waals surface area contributed by atoms with E-state index in [0.29, 0.717) is 5.56 Å². The van der Waals surface area contributed by atoms with Crippen LogP contribution in [0.1, 0.15) is 22.6 Å². The molecule has 0 aliphatic rings. The van der Waals surface area contributed by atoms with E-state index in [4.69, 9.17) is 4.52 Å². The maximum Gasteiger partial charge on any atom is 0.141 e. The Morgan fingerprint density at radius 1 is 0.966 bits per heavy atom. The Hall–Kier alpha value is -3.84. The van der Waals surface area contributed by atoms with Gasteiger partial charge in [-0.1, -0.05) is 53.7 Å². The van der Waals surface area contributed by atoms with Gasteiger partial charge in [0.1, 0.15) is 5.76 Å². The summed E-state index contributed by atoms with van der Waals surface area (Å²) in [6.07, 6.45) is 0. The van der Waals surface area contributed by atoms with Crippen LogP contribution in [0.2, 0.25) is 0 Å². The zero-order valence-corrected chi connectivity index (χ0v) is 16.3. The third-order valence-electron chi connectivity index (χ3n) is 5.50. The normalized spacial score (nSPS) is 11.2. The van der Waals surface area contributed by atoms with Crippen LogP contribution >= 0.6 is 0 Å². The highest BCUT2D eigenvalue weighted by Crippen LogP contribution is 2.37. The van der Waals surface area contributed by atoms with E-state index in [9.17, 15) is 5.26 Å². The van der Waals surface area contributed by atoms with Crippen molar-refractivity contribution in [1.29, 1.82) is 5.26 Å². The smallest absolute Gasteiger partial charge is 0.141 e. The average Bonchev–Trinajstić information content (AvgIpc) is 3.25. The number of hydrogen-bond acceptors (Lipinski definition) is 3. The van der Waals surface area contributed by atoms with Gasteiger partial charge in [0.15, 0.2) is 0 Å². The van der Waals surface area contributed by atoms with Gasteiger partial charge in [0.25, 0.3) is 0 Å². The molecule has 5 aromatic rings. The van der Waals surface area contributed by atoms with E-state index in [1.54, 1.807) is 0 Å². The minimum absolute atomic E-state index is 0.667. The predicted molar refractivity (Wildman–Crippen MR) is 115 cm³/mol. The van der Waals surface area contributed by atoms with Crippen molar-refractivity contribution in [2.75, 3.05) is 0 Å². The molecule has 0 saturated carbocycles. The van der Waals surface area contributed by atoms with Gasteiger partial charge in [0.05, 0.1) is 22.8 Å². The summed E-state index contributed by atoms with van der Waals surface area (Å²) < 4.78 is 7.67. The molecule has 29 heavy (non-hydrogen) atoms. The van der Waals surface area contributed by atoms with Crippen LogP contribution in [0.5, 0.6) is 0 Å². The summed E-state index contributed by atoms with van der Waals surface area (Å²) in [5.74, 6) is 0.761. The molecule has 3 aromatic carbocycles. The number of nitriles is 1. The lowest BCUT2D eigenvalue weighted by atomic mass is 9.98. The molecule has 0 amide bonds. The number of aromatic nitrogens is 2. The van der Waals surface area contributed by atoms with Crippen LogP contribution < -0.4 is 0 Å². The van der Waals surface area contributed by atoms with Gasteiger partial charge >= 0.3 is 0 Å². The highest BCUT2D eigenvalue weighted by molar-refractivity contribution is 6.12. The third kappa shape index (κ3) is 2.71. The summed E-state index contributed by atoms with van der Waals surface area (Å²) >= 11 is 0. The number of para-hydroxylation sites is 1. The fourth-order valence-electron chi connectivity index (χ4n) is 4.24. The Bertz CT molecular complexity index is 1380. The molecule has 0 bridgehead atoms. The van der Waals surface area contributed by atoms with E-state index in [-0.39, 0.29) is 0 Å². The van der Waals surface area contributed by atoms with Crippen molar-refractivity contribution in [3.05, 3.63) is 89.3 Å². The van der Waals surface area contributed by atoms with Crippen molar-refractivity contribution in [2.45, 2.75) is 20.4 Å². The SMILES string of the molecule is Cc1noc(C)c1-c1cc(C#N)c2c3ccccc3n(Cc3ccccc3)c2c1. The van der Waals surface area contributed by atoms with Crippen LogP contribution in [0.4, 0.5) is 0 Å². The molecule has 0 atom stereocenters. The zero-order valence-electron chi connectivity index (χ0n) is 16.3. The fraction of sp³-hybridized carbons (Fsp3) is 0.120. The molecule has 0 aliphatic carbocycles. The van der Waals surface area contributed by atoms with Crippen molar-refractivity contribution in [1.82, 2.24) is 9.72 Å². The van der Waals surface area contributed by atoms with Gasteiger partial charge in [0, 0.05) is 28.4 Å². The second-order valence-corrected chi connectivity index (χ2v) is 7.32. The van der Waals surface area contributed by atoms with Crippen LogP contribution in [0, 0.1) is 25.2 Å². The Morgan fingerprint density at radius 2 is 1.72 bits per heavy atom. The van der Waals surface area contributed by atoms with E-state index in [0.717, 1.165) is 50.9 Å². The second kappa shape index (κ2) is 6.65. The molecule has 0 fully saturated rings. The quantitative estimate of drug-likeness (QED) is 0.388. The van der Waals surface area contributed by atoms with Crippen LogP contribution in [0.15, 0.2) is 71.3 Å². The Morgan fingerprint density at radius 3 is 2.45 bits per heavy atom. The predicted octanol–water partition coefficient (Wildman–Crippen LogP) is 5.99. The lowest BCUT2D eigenvalue weighted by Gasteiger charge is -2.09. The summed E-state index contributed by atoms with van der Waals surface area (Å²) in [5, 5.41) is 16.1. The number of aryl methyl sites for hydroxylation is 2. The minimum Gasteiger partial charge on any atom is -0.361 e. The summed E-state index contributed by atoms with van der Waals surface area (Å²) in [4.78, 5) is 0. The molecule has 0 N–H and O–H groups in total. The van der Waals surface area contributed by atoms with E-state index >= 15 is 0 Å². The topological polar surface area (TPSA) is 54.8 Å². The van der Waals surface area contributed by atoms with Crippen molar-refractivity contribution < 1.29 is 4.52 Å². The van der Waals surface area contributed by atoms with Crippen molar-refractivity contribution >= 4 is 21.8 Å². The third-order valence-corrected chi connectivity index (χ3v) is 5.50. The molecule has 4 nitrogen and oxygen atoms in total.